The summed E-state index contributed by atoms with van der Waals surface area (Å²) in [6.45, 7) is 10.2. The fraction of sp³-hybridized carbons (Fsp3) is 0.529. The molecule has 0 bridgehead atoms. The molecule has 0 aliphatic heterocycles. The van der Waals surface area contributed by atoms with Crippen molar-refractivity contribution in [2.75, 3.05) is 0 Å². The average Bonchev–Trinajstić information content (AvgIpc) is 2.34. The smallest absolute Gasteiger partial charge is 0.126 e. The average molecular weight is 248 g/mol. The largest absolute Gasteiger partial charge is 0.207 e. The lowest BCUT2D eigenvalue weighted by Crippen LogP contribution is -1.99. The second kappa shape index (κ2) is 7.35. The van der Waals surface area contributed by atoms with Crippen LogP contribution in [0.2, 0.25) is 0 Å². The summed E-state index contributed by atoms with van der Waals surface area (Å²) in [4.78, 5) is 0. The lowest BCUT2D eigenvalue weighted by molar-refractivity contribution is 0.543. The summed E-state index contributed by atoms with van der Waals surface area (Å²) < 4.78 is 13.8. The molecule has 0 N–H and O–H groups in total. The minimum atomic E-state index is -0.0806. The molecule has 1 aromatic rings. The van der Waals surface area contributed by atoms with Gasteiger partial charge in [-0.3, -0.25) is 0 Å². The Kier molecular flexibility index (Phi) is 6.11. The van der Waals surface area contributed by atoms with Crippen LogP contribution in [0.1, 0.15) is 69.9 Å². The number of benzene rings is 1. The molecular formula is C17H25F. The van der Waals surface area contributed by atoms with Crippen molar-refractivity contribution >= 4 is 5.57 Å². The quantitative estimate of drug-likeness (QED) is 0.524. The van der Waals surface area contributed by atoms with Gasteiger partial charge in [0.25, 0.3) is 0 Å². The zero-order chi connectivity index (χ0) is 13.5. The zero-order valence-electron chi connectivity index (χ0n) is 11.9. The molecule has 0 aliphatic carbocycles. The third-order valence-electron chi connectivity index (χ3n) is 3.51. The fourth-order valence-electron chi connectivity index (χ4n) is 2.22. The van der Waals surface area contributed by atoms with Gasteiger partial charge in [-0.25, -0.2) is 4.39 Å². The van der Waals surface area contributed by atoms with Crippen LogP contribution in [0.4, 0.5) is 4.39 Å². The highest BCUT2D eigenvalue weighted by molar-refractivity contribution is 5.62. The van der Waals surface area contributed by atoms with E-state index in [2.05, 4.69) is 20.4 Å². The lowest BCUT2D eigenvalue weighted by atomic mass is 9.92. The molecule has 1 aromatic carbocycles. The van der Waals surface area contributed by atoms with Crippen LogP contribution < -0.4 is 0 Å². The maximum Gasteiger partial charge on any atom is 0.126 e. The Balaban J connectivity index is 2.68. The summed E-state index contributed by atoms with van der Waals surface area (Å²) in [5.74, 6) is 0.212. The van der Waals surface area contributed by atoms with Crippen LogP contribution >= 0.6 is 0 Å². The van der Waals surface area contributed by atoms with Gasteiger partial charge in [0.05, 0.1) is 0 Å². The number of allylic oxidation sites excluding steroid dienone is 1. The molecule has 0 heterocycles. The Hall–Kier alpha value is -1.11. The van der Waals surface area contributed by atoms with Gasteiger partial charge in [0, 0.05) is 0 Å². The fourth-order valence-corrected chi connectivity index (χ4v) is 2.22. The second-order valence-electron chi connectivity index (χ2n) is 5.27. The Labute approximate surface area is 111 Å². The van der Waals surface area contributed by atoms with Gasteiger partial charge >= 0.3 is 0 Å². The highest BCUT2D eigenvalue weighted by Gasteiger charge is 2.11. The minimum absolute atomic E-state index is 0.0806. The molecule has 0 spiro atoms. The summed E-state index contributed by atoms with van der Waals surface area (Å²) in [6.07, 6.45) is 6.03. The highest BCUT2D eigenvalue weighted by atomic mass is 19.1. The second-order valence-corrected chi connectivity index (χ2v) is 5.27. The number of halogens is 1. The molecule has 0 unspecified atom stereocenters. The van der Waals surface area contributed by atoms with E-state index in [-0.39, 0.29) is 5.82 Å². The molecule has 100 valence electrons. The van der Waals surface area contributed by atoms with Gasteiger partial charge in [0.15, 0.2) is 0 Å². The molecule has 0 fully saturated rings. The van der Waals surface area contributed by atoms with Gasteiger partial charge in [0.2, 0.25) is 0 Å². The Bertz CT molecular complexity index is 393. The molecule has 1 atom stereocenters. The van der Waals surface area contributed by atoms with Crippen LogP contribution in [0.25, 0.3) is 5.57 Å². The van der Waals surface area contributed by atoms with Gasteiger partial charge < -0.3 is 0 Å². The molecular weight excluding hydrogens is 223 g/mol. The number of hydrogen-bond donors (Lipinski definition) is 0. The van der Waals surface area contributed by atoms with E-state index in [0.717, 1.165) is 23.1 Å². The van der Waals surface area contributed by atoms with E-state index < -0.39 is 0 Å². The molecule has 1 rings (SSSR count). The summed E-state index contributed by atoms with van der Waals surface area (Å²) >= 11 is 0. The summed E-state index contributed by atoms with van der Waals surface area (Å²) in [7, 11) is 0. The first-order valence-electron chi connectivity index (χ1n) is 7.01. The van der Waals surface area contributed by atoms with Gasteiger partial charge in [-0.05, 0) is 42.5 Å². The van der Waals surface area contributed by atoms with Crippen molar-refractivity contribution in [3.63, 3.8) is 0 Å². The molecule has 0 nitrogen and oxygen atoms in total. The molecule has 0 saturated heterocycles. The normalized spacial score (nSPS) is 12.4. The van der Waals surface area contributed by atoms with Gasteiger partial charge in [-0.15, -0.1) is 0 Å². The van der Waals surface area contributed by atoms with E-state index in [0.29, 0.717) is 5.92 Å². The van der Waals surface area contributed by atoms with Crippen LogP contribution in [0.5, 0.6) is 0 Å². The Morgan fingerprint density at radius 3 is 2.61 bits per heavy atom. The first kappa shape index (κ1) is 14.9. The number of unbranched alkanes of at least 4 members (excludes halogenated alkanes) is 3. The van der Waals surface area contributed by atoms with E-state index in [1.807, 2.05) is 19.1 Å². The number of hydrogen-bond acceptors (Lipinski definition) is 0. The van der Waals surface area contributed by atoms with Crippen LogP contribution in [-0.2, 0) is 0 Å². The molecule has 0 aromatic heterocycles. The molecule has 18 heavy (non-hydrogen) atoms. The Morgan fingerprint density at radius 1 is 1.28 bits per heavy atom. The molecule has 0 radical (unpaired) electrons. The van der Waals surface area contributed by atoms with E-state index in [9.17, 15) is 4.39 Å². The minimum Gasteiger partial charge on any atom is -0.207 e. The van der Waals surface area contributed by atoms with Crippen molar-refractivity contribution < 1.29 is 4.39 Å². The molecule has 0 saturated carbocycles. The van der Waals surface area contributed by atoms with Crippen molar-refractivity contribution in [1.29, 1.82) is 0 Å². The van der Waals surface area contributed by atoms with Gasteiger partial charge in [-0.2, -0.15) is 0 Å². The van der Waals surface area contributed by atoms with Crippen LogP contribution in [-0.4, -0.2) is 0 Å². The van der Waals surface area contributed by atoms with E-state index in [1.165, 1.54) is 25.7 Å². The van der Waals surface area contributed by atoms with E-state index in [1.54, 1.807) is 6.07 Å². The van der Waals surface area contributed by atoms with Crippen LogP contribution in [0.3, 0.4) is 0 Å². The van der Waals surface area contributed by atoms with Crippen molar-refractivity contribution in [3.8, 4) is 0 Å². The van der Waals surface area contributed by atoms with Crippen molar-refractivity contribution in [2.45, 2.75) is 58.8 Å². The standard InChI is InChI=1S/C17H25F/c1-5-6-7-8-9-14(4)16-12-15(13(2)3)10-11-17(16)18/h10-12,14H,2,5-9H2,1,3-4H3/t14-/m1/s1. The third kappa shape index (κ3) is 4.29. The van der Waals surface area contributed by atoms with Gasteiger partial charge in [0.1, 0.15) is 5.82 Å². The predicted octanol–water partition coefficient (Wildman–Crippen LogP) is 5.93. The summed E-state index contributed by atoms with van der Waals surface area (Å²) in [5.41, 5.74) is 2.88. The SMILES string of the molecule is C=C(C)c1ccc(F)c([C@H](C)CCCCCC)c1. The lowest BCUT2D eigenvalue weighted by Gasteiger charge is -2.14. The monoisotopic (exact) mass is 248 g/mol. The molecule has 1 heteroatoms. The van der Waals surface area contributed by atoms with Crippen LogP contribution in [0.15, 0.2) is 24.8 Å². The highest BCUT2D eigenvalue weighted by Crippen LogP contribution is 2.27. The maximum absolute atomic E-state index is 13.8. The number of rotatable bonds is 7. The van der Waals surface area contributed by atoms with Crippen molar-refractivity contribution in [3.05, 3.63) is 41.7 Å². The molecule has 0 amide bonds. The third-order valence-corrected chi connectivity index (χ3v) is 3.51. The first-order valence-corrected chi connectivity index (χ1v) is 7.01. The first-order chi connectivity index (χ1) is 8.56. The zero-order valence-corrected chi connectivity index (χ0v) is 11.9. The van der Waals surface area contributed by atoms with Crippen molar-refractivity contribution in [1.82, 2.24) is 0 Å². The topological polar surface area (TPSA) is 0 Å². The molecule has 0 aliphatic rings. The summed E-state index contributed by atoms with van der Waals surface area (Å²) in [6, 6.07) is 5.34. The Morgan fingerprint density at radius 2 is 2.00 bits per heavy atom. The van der Waals surface area contributed by atoms with E-state index in [4.69, 9.17) is 0 Å². The maximum atomic E-state index is 13.8. The van der Waals surface area contributed by atoms with Gasteiger partial charge in [-0.1, -0.05) is 57.7 Å². The predicted molar refractivity (Wildman–Crippen MR) is 78.3 cm³/mol. The van der Waals surface area contributed by atoms with E-state index >= 15 is 0 Å². The summed E-state index contributed by atoms with van der Waals surface area (Å²) in [5, 5.41) is 0. The van der Waals surface area contributed by atoms with Crippen LogP contribution in [0, 0.1) is 5.82 Å². The van der Waals surface area contributed by atoms with Crippen molar-refractivity contribution in [2.24, 2.45) is 0 Å².